The predicted molar refractivity (Wildman–Crippen MR) is 205 cm³/mol. The molecule has 0 heterocycles. The third kappa shape index (κ3) is 7.61. The molecule has 0 bridgehead atoms. The molecule has 0 fully saturated rings. The van der Waals surface area contributed by atoms with Gasteiger partial charge < -0.3 is 0 Å². The van der Waals surface area contributed by atoms with Gasteiger partial charge >= 0.3 is 0 Å². The molecule has 48 heavy (non-hydrogen) atoms. The van der Waals surface area contributed by atoms with Gasteiger partial charge in [-0.1, -0.05) is 155 Å². The van der Waals surface area contributed by atoms with Crippen LogP contribution in [0.25, 0.3) is 50.6 Å². The monoisotopic (exact) mass is 624 g/mol. The van der Waals surface area contributed by atoms with E-state index in [9.17, 15) is 0 Å². The number of allylic oxidation sites excluding steroid dienone is 1. The van der Waals surface area contributed by atoms with Crippen LogP contribution < -0.4 is 0 Å². The average Bonchev–Trinajstić information content (AvgIpc) is 3.16. The maximum absolute atomic E-state index is 4.90. The normalized spacial score (nSPS) is 11.7. The highest BCUT2D eigenvalue weighted by Gasteiger charge is 2.16. The van der Waals surface area contributed by atoms with Crippen molar-refractivity contribution in [1.82, 2.24) is 0 Å². The lowest BCUT2D eigenvalue weighted by Crippen LogP contribution is -1.96. The van der Waals surface area contributed by atoms with Crippen LogP contribution >= 0.6 is 0 Å². The number of hydrogen-bond acceptors (Lipinski definition) is 2. The Labute approximate surface area is 286 Å². The summed E-state index contributed by atoms with van der Waals surface area (Å²) in [7, 11) is 0. The molecule has 0 spiro atoms. The molecule has 2 heteroatoms. The minimum absolute atomic E-state index is 0.777. The van der Waals surface area contributed by atoms with Crippen molar-refractivity contribution in [2.24, 2.45) is 10.2 Å². The Kier molecular flexibility index (Phi) is 10.8. The van der Waals surface area contributed by atoms with Gasteiger partial charge in [0.25, 0.3) is 0 Å². The molecule has 2 nitrogen and oxygen atoms in total. The second kappa shape index (κ2) is 16.0. The summed E-state index contributed by atoms with van der Waals surface area (Å²) in [5.74, 6) is 0. The topological polar surface area (TPSA) is 24.7 Å². The van der Waals surface area contributed by atoms with E-state index in [4.69, 9.17) is 10.2 Å². The molecular weight excluding hydrogens is 581 g/mol. The van der Waals surface area contributed by atoms with E-state index < -0.39 is 0 Å². The molecule has 6 aromatic rings. The molecular formula is C46H44N2. The fourth-order valence-corrected chi connectivity index (χ4v) is 6.53. The highest BCUT2D eigenvalue weighted by atomic mass is 15.1. The molecule has 0 saturated heterocycles. The molecule has 6 rings (SSSR count). The highest BCUT2D eigenvalue weighted by Crippen LogP contribution is 2.39. The molecule has 0 aliphatic heterocycles. The molecule has 0 aromatic heterocycles. The maximum atomic E-state index is 4.90. The minimum atomic E-state index is 0.777. The Balaban J connectivity index is 1.46. The molecule has 0 unspecified atom stereocenters. The van der Waals surface area contributed by atoms with E-state index in [2.05, 4.69) is 172 Å². The van der Waals surface area contributed by atoms with Crippen molar-refractivity contribution in [2.45, 2.75) is 52.9 Å². The van der Waals surface area contributed by atoms with Gasteiger partial charge in [-0.3, -0.25) is 0 Å². The Hall–Kier alpha value is -5.34. The van der Waals surface area contributed by atoms with Gasteiger partial charge in [0.2, 0.25) is 0 Å². The first-order chi connectivity index (χ1) is 23.7. The van der Waals surface area contributed by atoms with Gasteiger partial charge in [-0.25, -0.2) is 0 Å². The van der Waals surface area contributed by atoms with Crippen LogP contribution in [0.15, 0.2) is 162 Å². The predicted octanol–water partition coefficient (Wildman–Crippen LogP) is 13.8. The summed E-state index contributed by atoms with van der Waals surface area (Å²) in [5, 5.41) is 9.79. The van der Waals surface area contributed by atoms with Crippen molar-refractivity contribution in [1.29, 1.82) is 0 Å². The van der Waals surface area contributed by atoms with E-state index in [-0.39, 0.29) is 0 Å². The summed E-state index contributed by atoms with van der Waals surface area (Å²) >= 11 is 0. The third-order valence-electron chi connectivity index (χ3n) is 8.94. The third-order valence-corrected chi connectivity index (χ3v) is 8.94. The molecule has 0 amide bonds. The number of azo groups is 1. The standard InChI is InChI=1S/C46H44N2/c1-4-7-20-39-29-34(31-45(37-25-16-10-17-26-37)46(39)38-27-18-11-19-28-38)30-40(5-2)47-48-41-32-43(35-21-12-8-13-22-35)42(6-3)44(33-41)36-23-14-9-15-24-36/h8-19,21-33H,4-7,20H2,1-3H3. The van der Waals surface area contributed by atoms with Gasteiger partial charge in [-0.05, 0) is 111 Å². The Morgan fingerprint density at radius 1 is 0.562 bits per heavy atom. The second-order valence-corrected chi connectivity index (χ2v) is 12.2. The zero-order valence-corrected chi connectivity index (χ0v) is 28.4. The Morgan fingerprint density at radius 2 is 1.06 bits per heavy atom. The lowest BCUT2D eigenvalue weighted by Gasteiger charge is -2.18. The summed E-state index contributed by atoms with van der Waals surface area (Å²) in [6.45, 7) is 6.65. The van der Waals surface area contributed by atoms with Crippen molar-refractivity contribution in [3.05, 3.63) is 168 Å². The van der Waals surface area contributed by atoms with Crippen LogP contribution in [0.3, 0.4) is 0 Å². The summed E-state index contributed by atoms with van der Waals surface area (Å²) in [4.78, 5) is 0. The largest absolute Gasteiger partial charge is 0.155 e. The van der Waals surface area contributed by atoms with Gasteiger partial charge in [0.05, 0.1) is 11.4 Å². The van der Waals surface area contributed by atoms with Gasteiger partial charge in [0, 0.05) is 0 Å². The first-order valence-corrected chi connectivity index (χ1v) is 17.4. The fraction of sp³-hybridized carbons (Fsp3) is 0.174. The molecule has 6 aromatic carbocycles. The van der Waals surface area contributed by atoms with Gasteiger partial charge in [0.15, 0.2) is 0 Å². The molecule has 0 N–H and O–H groups in total. The van der Waals surface area contributed by atoms with E-state index in [1.807, 2.05) is 0 Å². The smallest absolute Gasteiger partial charge is 0.0869 e. The van der Waals surface area contributed by atoms with Crippen LogP contribution in [-0.4, -0.2) is 0 Å². The van der Waals surface area contributed by atoms with Gasteiger partial charge in [-0.2, -0.15) is 10.2 Å². The SMILES string of the molecule is CCCCc1cc(C=C(CC)N=Nc2cc(-c3ccccc3)c(CC)c(-c3ccccc3)c2)cc(-c2ccccc2)c1-c1ccccc1. The number of nitrogens with zero attached hydrogens (tertiary/aromatic N) is 2. The van der Waals surface area contributed by atoms with Crippen LogP contribution in [0.5, 0.6) is 0 Å². The minimum Gasteiger partial charge on any atom is -0.155 e. The molecule has 238 valence electrons. The van der Waals surface area contributed by atoms with E-state index in [1.165, 1.54) is 55.6 Å². The van der Waals surface area contributed by atoms with Crippen molar-refractivity contribution >= 4 is 11.8 Å². The van der Waals surface area contributed by atoms with Crippen LogP contribution in [-0.2, 0) is 12.8 Å². The van der Waals surface area contributed by atoms with Crippen molar-refractivity contribution in [2.75, 3.05) is 0 Å². The lowest BCUT2D eigenvalue weighted by atomic mass is 9.86. The average molecular weight is 625 g/mol. The Bertz CT molecular complexity index is 1930. The van der Waals surface area contributed by atoms with Crippen LogP contribution in [0.2, 0.25) is 0 Å². The Morgan fingerprint density at radius 3 is 1.54 bits per heavy atom. The fourth-order valence-electron chi connectivity index (χ4n) is 6.53. The summed E-state index contributed by atoms with van der Waals surface area (Å²) in [5.41, 5.74) is 15.5. The number of aryl methyl sites for hydroxylation is 1. The first-order valence-electron chi connectivity index (χ1n) is 17.4. The molecule has 0 aliphatic rings. The molecule has 0 atom stereocenters. The number of unbranched alkanes of at least 4 members (excludes halogenated alkanes) is 1. The van der Waals surface area contributed by atoms with Crippen molar-refractivity contribution in [3.63, 3.8) is 0 Å². The van der Waals surface area contributed by atoms with Crippen molar-refractivity contribution < 1.29 is 0 Å². The first kappa shape index (κ1) is 32.6. The maximum Gasteiger partial charge on any atom is 0.0869 e. The van der Waals surface area contributed by atoms with E-state index >= 15 is 0 Å². The van der Waals surface area contributed by atoms with Crippen molar-refractivity contribution in [3.8, 4) is 44.5 Å². The van der Waals surface area contributed by atoms with E-state index in [0.717, 1.165) is 49.1 Å². The summed E-state index contributed by atoms with van der Waals surface area (Å²) in [6, 6.07) is 52.0. The van der Waals surface area contributed by atoms with Crippen LogP contribution in [0, 0.1) is 0 Å². The molecule has 0 aliphatic carbocycles. The quantitative estimate of drug-likeness (QED) is 0.121. The molecule has 0 saturated carbocycles. The van der Waals surface area contributed by atoms with E-state index in [1.54, 1.807) is 0 Å². The second-order valence-electron chi connectivity index (χ2n) is 12.2. The van der Waals surface area contributed by atoms with Gasteiger partial charge in [-0.15, -0.1) is 0 Å². The number of rotatable bonds is 12. The zero-order valence-electron chi connectivity index (χ0n) is 28.4. The van der Waals surface area contributed by atoms with Crippen LogP contribution in [0.1, 0.15) is 56.7 Å². The van der Waals surface area contributed by atoms with Crippen LogP contribution in [0.4, 0.5) is 5.69 Å². The summed E-state index contributed by atoms with van der Waals surface area (Å²) < 4.78 is 0. The molecule has 0 radical (unpaired) electrons. The number of hydrogen-bond donors (Lipinski definition) is 0. The van der Waals surface area contributed by atoms with Gasteiger partial charge in [0.1, 0.15) is 0 Å². The van der Waals surface area contributed by atoms with E-state index in [0.29, 0.717) is 0 Å². The lowest BCUT2D eigenvalue weighted by molar-refractivity contribution is 0.796. The summed E-state index contributed by atoms with van der Waals surface area (Å²) in [6.07, 6.45) is 7.24. The highest BCUT2D eigenvalue weighted by molar-refractivity contribution is 5.88. The zero-order chi connectivity index (χ0) is 33.1. The number of benzene rings is 6.